The van der Waals surface area contributed by atoms with Gasteiger partial charge in [0, 0.05) is 0 Å². The Kier molecular flexibility index (Phi) is 4.85. The molecule has 0 amide bonds. The Morgan fingerprint density at radius 3 is 2.14 bits per heavy atom. The van der Waals surface area contributed by atoms with Crippen LogP contribution in [0, 0.1) is 12.7 Å². The Morgan fingerprint density at radius 1 is 1.05 bits per heavy atom. The molecule has 21 heavy (non-hydrogen) atoms. The van der Waals surface area contributed by atoms with Crippen LogP contribution in [-0.4, -0.2) is 14.7 Å². The molecule has 110 valence electrons. The number of thioether (sulfide) groups is 1. The van der Waals surface area contributed by atoms with Crippen LogP contribution in [0.15, 0.2) is 57.7 Å². The van der Waals surface area contributed by atoms with Crippen LogP contribution >= 0.6 is 11.8 Å². The Balaban J connectivity index is 2.44. The molecule has 0 fully saturated rings. The zero-order chi connectivity index (χ0) is 15.5. The first-order valence-electron chi connectivity index (χ1n) is 6.26. The minimum absolute atomic E-state index is 0.234. The van der Waals surface area contributed by atoms with Crippen LogP contribution in [0.25, 0.3) is 6.08 Å². The highest BCUT2D eigenvalue weighted by Crippen LogP contribution is 2.29. The number of hydrogen-bond donors (Lipinski definition) is 0. The van der Waals surface area contributed by atoms with Crippen LogP contribution in [-0.2, 0) is 9.84 Å². The van der Waals surface area contributed by atoms with E-state index in [0.717, 1.165) is 17.3 Å². The molecular formula is C16H15FO2S2. The highest BCUT2D eigenvalue weighted by Gasteiger charge is 2.19. The predicted molar refractivity (Wildman–Crippen MR) is 86.3 cm³/mol. The first kappa shape index (κ1) is 15.8. The second-order valence-corrected chi connectivity index (χ2v) is 7.56. The van der Waals surface area contributed by atoms with Crippen LogP contribution in [0.1, 0.15) is 11.1 Å². The van der Waals surface area contributed by atoms with Crippen molar-refractivity contribution in [2.45, 2.75) is 11.8 Å². The summed E-state index contributed by atoms with van der Waals surface area (Å²) in [4.78, 5) is 0.260. The summed E-state index contributed by atoms with van der Waals surface area (Å²) in [6.45, 7) is 1.90. The van der Waals surface area contributed by atoms with E-state index in [2.05, 4.69) is 0 Å². The molecular weight excluding hydrogens is 307 g/mol. The fraction of sp³-hybridized carbons (Fsp3) is 0.125. The molecule has 0 spiro atoms. The van der Waals surface area contributed by atoms with Gasteiger partial charge in [0.05, 0.1) is 4.90 Å². The minimum atomic E-state index is -3.55. The summed E-state index contributed by atoms with van der Waals surface area (Å²) in [7, 11) is -3.55. The Morgan fingerprint density at radius 2 is 1.62 bits per heavy atom. The van der Waals surface area contributed by atoms with Gasteiger partial charge in [-0.25, -0.2) is 12.8 Å². The molecule has 0 atom stereocenters. The third kappa shape index (κ3) is 3.74. The van der Waals surface area contributed by atoms with Crippen molar-refractivity contribution >= 4 is 27.7 Å². The van der Waals surface area contributed by atoms with Gasteiger partial charge in [-0.3, -0.25) is 0 Å². The number of aryl methyl sites for hydroxylation is 1. The lowest BCUT2D eigenvalue weighted by Gasteiger charge is -2.07. The van der Waals surface area contributed by atoms with E-state index in [-0.39, 0.29) is 14.9 Å². The van der Waals surface area contributed by atoms with Gasteiger partial charge in [0.15, 0.2) is 0 Å². The number of benzene rings is 2. The highest BCUT2D eigenvalue weighted by molar-refractivity contribution is 8.18. The molecule has 0 radical (unpaired) electrons. The van der Waals surface area contributed by atoms with Crippen molar-refractivity contribution in [3.05, 3.63) is 69.7 Å². The zero-order valence-corrected chi connectivity index (χ0v) is 13.3. The molecule has 0 heterocycles. The van der Waals surface area contributed by atoms with Crippen molar-refractivity contribution < 1.29 is 12.8 Å². The average Bonchev–Trinajstić information content (AvgIpc) is 2.47. The Bertz CT molecular complexity index is 746. The number of sulfone groups is 1. The van der Waals surface area contributed by atoms with Crippen LogP contribution in [0.4, 0.5) is 4.39 Å². The van der Waals surface area contributed by atoms with Gasteiger partial charge >= 0.3 is 0 Å². The molecule has 2 rings (SSSR count). The quantitative estimate of drug-likeness (QED) is 0.843. The molecule has 5 heteroatoms. The molecule has 0 aliphatic rings. The van der Waals surface area contributed by atoms with Gasteiger partial charge in [-0.05, 0) is 49.1 Å². The lowest BCUT2D eigenvalue weighted by molar-refractivity contribution is 0.604. The lowest BCUT2D eigenvalue weighted by Crippen LogP contribution is -2.02. The van der Waals surface area contributed by atoms with Crippen LogP contribution in [0.5, 0.6) is 0 Å². The van der Waals surface area contributed by atoms with Crippen molar-refractivity contribution in [2.75, 3.05) is 6.26 Å². The SMILES string of the molecule is CS/C(=C\c1ccc(F)cc1)S(=O)(=O)c1ccc(C)cc1. The summed E-state index contributed by atoms with van der Waals surface area (Å²) < 4.78 is 38.3. The van der Waals surface area contributed by atoms with Crippen LogP contribution < -0.4 is 0 Å². The highest BCUT2D eigenvalue weighted by atomic mass is 32.3. The maximum absolute atomic E-state index is 12.9. The standard InChI is InChI=1S/C16H15FO2S2/c1-12-3-9-15(10-4-12)21(18,19)16(20-2)11-13-5-7-14(17)8-6-13/h3-11H,1-2H3/b16-11+. The minimum Gasteiger partial charge on any atom is -0.218 e. The van der Waals surface area contributed by atoms with E-state index in [9.17, 15) is 12.8 Å². The summed E-state index contributed by atoms with van der Waals surface area (Å²) in [6, 6.07) is 12.4. The maximum Gasteiger partial charge on any atom is 0.212 e. The molecule has 0 saturated heterocycles. The molecule has 0 aliphatic heterocycles. The summed E-state index contributed by atoms with van der Waals surface area (Å²) in [5.41, 5.74) is 1.65. The molecule has 0 aromatic heterocycles. The van der Waals surface area contributed by atoms with Gasteiger partial charge < -0.3 is 0 Å². The second-order valence-electron chi connectivity index (χ2n) is 4.54. The average molecular weight is 322 g/mol. The topological polar surface area (TPSA) is 34.1 Å². The van der Waals surface area contributed by atoms with Gasteiger partial charge in [-0.1, -0.05) is 29.8 Å². The summed E-state index contributed by atoms with van der Waals surface area (Å²) in [5, 5.41) is 0. The second kappa shape index (κ2) is 6.45. The predicted octanol–water partition coefficient (Wildman–Crippen LogP) is 4.27. The fourth-order valence-electron chi connectivity index (χ4n) is 1.77. The van der Waals surface area contributed by atoms with E-state index in [1.54, 1.807) is 48.7 Å². The Hall–Kier alpha value is -1.59. The molecule has 0 unspecified atom stereocenters. The first-order chi connectivity index (χ1) is 9.93. The van der Waals surface area contributed by atoms with Gasteiger partial charge in [0.2, 0.25) is 9.84 Å². The maximum atomic E-state index is 12.9. The van der Waals surface area contributed by atoms with Crippen molar-refractivity contribution in [1.82, 2.24) is 0 Å². The fourth-order valence-corrected chi connectivity index (χ4v) is 4.21. The molecule has 2 nitrogen and oxygen atoms in total. The summed E-state index contributed by atoms with van der Waals surface area (Å²) >= 11 is 1.15. The third-order valence-corrected chi connectivity index (χ3v) is 6.17. The first-order valence-corrected chi connectivity index (χ1v) is 8.97. The van der Waals surface area contributed by atoms with Crippen LogP contribution in [0.3, 0.4) is 0 Å². The molecule has 0 aliphatic carbocycles. The van der Waals surface area contributed by atoms with E-state index in [0.29, 0.717) is 5.56 Å². The van der Waals surface area contributed by atoms with Crippen molar-refractivity contribution in [3.63, 3.8) is 0 Å². The van der Waals surface area contributed by atoms with Gasteiger partial charge in [0.1, 0.15) is 10.1 Å². The zero-order valence-electron chi connectivity index (χ0n) is 11.7. The van der Waals surface area contributed by atoms with E-state index in [4.69, 9.17) is 0 Å². The lowest BCUT2D eigenvalue weighted by atomic mass is 10.2. The van der Waals surface area contributed by atoms with Gasteiger partial charge in [-0.2, -0.15) is 0 Å². The number of halogens is 1. The molecule has 0 N–H and O–H groups in total. The van der Waals surface area contributed by atoms with E-state index in [1.165, 1.54) is 12.1 Å². The summed E-state index contributed by atoms with van der Waals surface area (Å²) in [5.74, 6) is -0.348. The van der Waals surface area contributed by atoms with Crippen molar-refractivity contribution in [3.8, 4) is 0 Å². The molecule has 2 aromatic rings. The Labute approximate surface area is 128 Å². The van der Waals surface area contributed by atoms with E-state index >= 15 is 0 Å². The molecule has 0 saturated carbocycles. The normalized spacial score (nSPS) is 12.4. The largest absolute Gasteiger partial charge is 0.218 e. The monoisotopic (exact) mass is 322 g/mol. The third-order valence-electron chi connectivity index (χ3n) is 2.95. The van der Waals surface area contributed by atoms with Gasteiger partial charge in [-0.15, -0.1) is 11.8 Å². The smallest absolute Gasteiger partial charge is 0.212 e. The van der Waals surface area contributed by atoms with E-state index < -0.39 is 9.84 Å². The number of hydrogen-bond acceptors (Lipinski definition) is 3. The van der Waals surface area contributed by atoms with Crippen LogP contribution in [0.2, 0.25) is 0 Å². The van der Waals surface area contributed by atoms with Gasteiger partial charge in [0.25, 0.3) is 0 Å². The van der Waals surface area contributed by atoms with Crippen molar-refractivity contribution in [1.29, 1.82) is 0 Å². The molecule has 2 aromatic carbocycles. The van der Waals surface area contributed by atoms with E-state index in [1.807, 2.05) is 6.92 Å². The molecule has 0 bridgehead atoms. The van der Waals surface area contributed by atoms with Crippen molar-refractivity contribution in [2.24, 2.45) is 0 Å². The summed E-state index contributed by atoms with van der Waals surface area (Å²) in [6.07, 6.45) is 3.26. The number of rotatable bonds is 4.